The average molecular weight is 189 g/mol. The summed E-state index contributed by atoms with van der Waals surface area (Å²) in [4.78, 5) is 0. The Morgan fingerprint density at radius 3 is 2.25 bits per heavy atom. The molecule has 72 valence electrons. The fraction of sp³-hybridized carbons (Fsp3) is 1.00. The molecule has 0 saturated heterocycles. The van der Waals surface area contributed by atoms with Gasteiger partial charge in [-0.25, -0.2) is 0 Å². The van der Waals surface area contributed by atoms with Crippen molar-refractivity contribution >= 4 is 11.8 Å². The Hall–Kier alpha value is 0.270. The lowest BCUT2D eigenvalue weighted by Crippen LogP contribution is -2.51. The third-order valence-electron chi connectivity index (χ3n) is 2.11. The SMILES string of the molecule is CC(C)(C)SC1(CN)CC(O)C1. The summed E-state index contributed by atoms with van der Waals surface area (Å²) in [7, 11) is 0. The van der Waals surface area contributed by atoms with Gasteiger partial charge in [0, 0.05) is 16.0 Å². The minimum Gasteiger partial charge on any atom is -0.393 e. The maximum Gasteiger partial charge on any atom is 0.0567 e. The van der Waals surface area contributed by atoms with E-state index in [1.807, 2.05) is 11.8 Å². The quantitative estimate of drug-likeness (QED) is 0.689. The molecule has 0 aromatic rings. The minimum absolute atomic E-state index is 0.108. The number of aliphatic hydroxyl groups is 1. The van der Waals surface area contributed by atoms with Crippen LogP contribution in [0.3, 0.4) is 0 Å². The Kier molecular flexibility index (Phi) is 2.76. The molecule has 0 spiro atoms. The molecule has 1 aliphatic rings. The zero-order chi connectivity index (χ0) is 9.41. The highest BCUT2D eigenvalue weighted by atomic mass is 32.2. The van der Waals surface area contributed by atoms with Gasteiger partial charge in [0.05, 0.1) is 6.10 Å². The van der Waals surface area contributed by atoms with Crippen LogP contribution in [0.4, 0.5) is 0 Å². The Balaban J connectivity index is 2.48. The van der Waals surface area contributed by atoms with Crippen molar-refractivity contribution in [1.82, 2.24) is 0 Å². The smallest absolute Gasteiger partial charge is 0.0567 e. The molecule has 1 aliphatic carbocycles. The Morgan fingerprint density at radius 2 is 2.00 bits per heavy atom. The van der Waals surface area contributed by atoms with Crippen LogP contribution in [0.25, 0.3) is 0 Å². The molecule has 1 saturated carbocycles. The predicted octanol–water partition coefficient (Wildman–Crippen LogP) is 1.37. The maximum absolute atomic E-state index is 9.24. The Labute approximate surface area is 78.9 Å². The summed E-state index contributed by atoms with van der Waals surface area (Å²) in [5.74, 6) is 0. The topological polar surface area (TPSA) is 46.2 Å². The van der Waals surface area contributed by atoms with Crippen LogP contribution in [-0.2, 0) is 0 Å². The van der Waals surface area contributed by atoms with Crippen molar-refractivity contribution in [1.29, 1.82) is 0 Å². The fourth-order valence-corrected chi connectivity index (χ4v) is 3.67. The molecule has 1 fully saturated rings. The molecular weight excluding hydrogens is 170 g/mol. The van der Waals surface area contributed by atoms with Gasteiger partial charge in [-0.3, -0.25) is 0 Å². The van der Waals surface area contributed by atoms with Crippen molar-refractivity contribution in [3.8, 4) is 0 Å². The first-order valence-electron chi connectivity index (χ1n) is 4.45. The molecule has 3 N–H and O–H groups in total. The van der Waals surface area contributed by atoms with E-state index in [-0.39, 0.29) is 15.6 Å². The van der Waals surface area contributed by atoms with Gasteiger partial charge in [0.1, 0.15) is 0 Å². The summed E-state index contributed by atoms with van der Waals surface area (Å²) in [6, 6.07) is 0. The third kappa shape index (κ3) is 2.38. The zero-order valence-electron chi connectivity index (χ0n) is 8.13. The van der Waals surface area contributed by atoms with E-state index in [1.165, 1.54) is 0 Å². The molecular formula is C9H19NOS. The van der Waals surface area contributed by atoms with Gasteiger partial charge >= 0.3 is 0 Å². The number of aliphatic hydroxyl groups excluding tert-OH is 1. The molecule has 0 bridgehead atoms. The monoisotopic (exact) mass is 189 g/mol. The van der Waals surface area contributed by atoms with Crippen molar-refractivity contribution in [2.24, 2.45) is 5.73 Å². The summed E-state index contributed by atoms with van der Waals surface area (Å²) in [6.45, 7) is 7.27. The van der Waals surface area contributed by atoms with Gasteiger partial charge in [-0.1, -0.05) is 20.8 Å². The summed E-state index contributed by atoms with van der Waals surface area (Å²) >= 11 is 1.91. The van der Waals surface area contributed by atoms with Gasteiger partial charge in [-0.15, -0.1) is 11.8 Å². The van der Waals surface area contributed by atoms with Crippen LogP contribution in [0.5, 0.6) is 0 Å². The van der Waals surface area contributed by atoms with Crippen LogP contribution < -0.4 is 5.73 Å². The molecule has 0 aromatic carbocycles. The predicted molar refractivity (Wildman–Crippen MR) is 54.4 cm³/mol. The normalized spacial score (nSPS) is 36.2. The molecule has 0 radical (unpaired) electrons. The average Bonchev–Trinajstić information content (AvgIpc) is 1.80. The number of thioether (sulfide) groups is 1. The van der Waals surface area contributed by atoms with Crippen LogP contribution >= 0.6 is 11.8 Å². The molecule has 0 unspecified atom stereocenters. The number of nitrogens with two attached hydrogens (primary N) is 1. The zero-order valence-corrected chi connectivity index (χ0v) is 8.95. The summed E-state index contributed by atoms with van der Waals surface area (Å²) in [6.07, 6.45) is 1.63. The van der Waals surface area contributed by atoms with Crippen LogP contribution in [0.1, 0.15) is 33.6 Å². The lowest BCUT2D eigenvalue weighted by atomic mass is 9.81. The van der Waals surface area contributed by atoms with Gasteiger partial charge in [0.25, 0.3) is 0 Å². The lowest BCUT2D eigenvalue weighted by molar-refractivity contribution is 0.0639. The summed E-state index contributed by atoms with van der Waals surface area (Å²) < 4.78 is 0.414. The second kappa shape index (κ2) is 3.20. The second-order valence-electron chi connectivity index (χ2n) is 4.66. The first kappa shape index (κ1) is 10.4. The molecule has 0 aliphatic heterocycles. The summed E-state index contributed by atoms with van der Waals surface area (Å²) in [5, 5.41) is 9.24. The highest BCUT2D eigenvalue weighted by Crippen LogP contribution is 2.48. The van der Waals surface area contributed by atoms with E-state index in [9.17, 15) is 5.11 Å². The molecule has 0 atom stereocenters. The summed E-state index contributed by atoms with van der Waals surface area (Å²) in [5.41, 5.74) is 5.71. The van der Waals surface area contributed by atoms with E-state index in [0.29, 0.717) is 6.54 Å². The van der Waals surface area contributed by atoms with Crippen molar-refractivity contribution in [2.45, 2.75) is 49.2 Å². The van der Waals surface area contributed by atoms with E-state index in [1.54, 1.807) is 0 Å². The van der Waals surface area contributed by atoms with E-state index < -0.39 is 0 Å². The Morgan fingerprint density at radius 1 is 1.50 bits per heavy atom. The highest BCUT2D eigenvalue weighted by molar-refractivity contribution is 8.02. The molecule has 0 amide bonds. The van der Waals surface area contributed by atoms with Gasteiger partial charge < -0.3 is 10.8 Å². The van der Waals surface area contributed by atoms with Crippen molar-refractivity contribution < 1.29 is 5.11 Å². The highest BCUT2D eigenvalue weighted by Gasteiger charge is 2.45. The minimum atomic E-state index is -0.108. The molecule has 0 heterocycles. The number of hydrogen-bond donors (Lipinski definition) is 2. The van der Waals surface area contributed by atoms with Gasteiger partial charge in [-0.2, -0.15) is 0 Å². The van der Waals surface area contributed by atoms with Crippen molar-refractivity contribution in [3.63, 3.8) is 0 Å². The van der Waals surface area contributed by atoms with Gasteiger partial charge in [0.2, 0.25) is 0 Å². The van der Waals surface area contributed by atoms with E-state index in [0.717, 1.165) is 12.8 Å². The largest absolute Gasteiger partial charge is 0.393 e. The second-order valence-corrected chi connectivity index (χ2v) is 6.96. The molecule has 3 heteroatoms. The first-order valence-corrected chi connectivity index (χ1v) is 5.27. The van der Waals surface area contributed by atoms with Gasteiger partial charge in [-0.05, 0) is 12.8 Å². The van der Waals surface area contributed by atoms with Crippen LogP contribution in [-0.4, -0.2) is 27.2 Å². The first-order chi connectivity index (χ1) is 5.37. The van der Waals surface area contributed by atoms with Crippen molar-refractivity contribution in [2.75, 3.05) is 6.54 Å². The molecule has 2 nitrogen and oxygen atoms in total. The van der Waals surface area contributed by atoms with E-state index >= 15 is 0 Å². The number of rotatable bonds is 2. The van der Waals surface area contributed by atoms with Crippen LogP contribution in [0.2, 0.25) is 0 Å². The molecule has 0 aromatic heterocycles. The maximum atomic E-state index is 9.24. The van der Waals surface area contributed by atoms with E-state index in [4.69, 9.17) is 5.73 Å². The standard InChI is InChI=1S/C9H19NOS/c1-8(2,3)12-9(6-10)4-7(11)5-9/h7,11H,4-6,10H2,1-3H3. The van der Waals surface area contributed by atoms with Crippen LogP contribution in [0.15, 0.2) is 0 Å². The Bertz CT molecular complexity index is 158. The lowest BCUT2D eigenvalue weighted by Gasteiger charge is -2.47. The molecule has 12 heavy (non-hydrogen) atoms. The van der Waals surface area contributed by atoms with Crippen molar-refractivity contribution in [3.05, 3.63) is 0 Å². The van der Waals surface area contributed by atoms with Crippen LogP contribution in [0, 0.1) is 0 Å². The van der Waals surface area contributed by atoms with Gasteiger partial charge in [0.15, 0.2) is 0 Å². The molecule has 1 rings (SSSR count). The number of hydrogen-bond acceptors (Lipinski definition) is 3. The van der Waals surface area contributed by atoms with E-state index in [2.05, 4.69) is 20.8 Å². The fourth-order valence-electron chi connectivity index (χ4n) is 1.74. The third-order valence-corrected chi connectivity index (χ3v) is 3.66.